The molecule has 0 aromatic heterocycles. The van der Waals surface area contributed by atoms with Gasteiger partial charge in [0.25, 0.3) is 0 Å². The molecule has 760 valence electrons. The fourth-order valence-corrected chi connectivity index (χ4v) is 14.6. The molecule has 3 rings (SSSR count). The Hall–Kier alpha value is -11.4. The highest BCUT2D eigenvalue weighted by Gasteiger charge is 2.52. The van der Waals surface area contributed by atoms with E-state index in [1.54, 1.807) is 48.5 Å². The van der Waals surface area contributed by atoms with Crippen LogP contribution in [0.2, 0.25) is 0 Å². The molecule has 0 saturated heterocycles. The van der Waals surface area contributed by atoms with Gasteiger partial charge in [0.15, 0.2) is 16.8 Å². The second-order valence-corrected chi connectivity index (χ2v) is 35.4. The number of unbranched alkanes of at least 4 members (excludes halogenated alkanes) is 23. The van der Waals surface area contributed by atoms with Gasteiger partial charge < -0.3 is 96.9 Å². The number of phenols is 1. The summed E-state index contributed by atoms with van der Waals surface area (Å²) in [6.45, 7) is 16.9. The normalized spacial score (nSPS) is 14.2. The Morgan fingerprint density at radius 3 is 0.956 bits per heavy atom. The van der Waals surface area contributed by atoms with Crippen LogP contribution < -0.4 is 25.4 Å². The minimum Gasteiger partial charge on any atom is -0.508 e. The van der Waals surface area contributed by atoms with Crippen molar-refractivity contribution in [2.45, 2.75) is 352 Å². The third kappa shape index (κ3) is 53.8. The Balaban J connectivity index is 0.00000102. The summed E-state index contributed by atoms with van der Waals surface area (Å²) in [7, 11) is 0. The summed E-state index contributed by atoms with van der Waals surface area (Å²) in [4.78, 5) is 170. The van der Waals surface area contributed by atoms with Crippen molar-refractivity contribution in [2.24, 2.45) is 23.7 Å². The number of hydrogen-bond donors (Lipinski definition) is 17. The molecule has 3 aromatic rings. The van der Waals surface area contributed by atoms with Gasteiger partial charge in [-0.2, -0.15) is 0 Å². The predicted molar refractivity (Wildman–Crippen MR) is 512 cm³/mol. The van der Waals surface area contributed by atoms with Gasteiger partial charge in [0.05, 0.1) is 49.7 Å². The van der Waals surface area contributed by atoms with Gasteiger partial charge in [0.2, 0.25) is 17.7 Å². The number of nitrogens with one attached hydrogen (secondary N) is 3. The molecule has 33 heteroatoms. The number of aliphatic hydroxyl groups is 4. The number of carboxylic acid groups (broad SMARTS) is 9. The molecule has 10 atom stereocenters. The smallest absolute Gasteiger partial charge is 0.337 e. The number of carbonyl (C=O) groups is 14. The molecular weight excluding hydrogens is 1760 g/mol. The second kappa shape index (κ2) is 70.3. The number of aliphatic carboxylic acids is 9. The number of Topliss-reactive ketones (excluding diaryl/α,β-unsaturated/α-hetero) is 2. The van der Waals surface area contributed by atoms with Crippen LogP contribution in [0.25, 0.3) is 0 Å². The van der Waals surface area contributed by atoms with Gasteiger partial charge in [-0.05, 0) is 175 Å². The van der Waals surface area contributed by atoms with Gasteiger partial charge in [-0.3, -0.25) is 38.4 Å². The van der Waals surface area contributed by atoms with E-state index in [0.717, 1.165) is 165 Å². The van der Waals surface area contributed by atoms with Crippen LogP contribution in [0.5, 0.6) is 17.2 Å². The zero-order valence-electron chi connectivity index (χ0n) is 80.3. The largest absolute Gasteiger partial charge is 0.508 e. The quantitative estimate of drug-likeness (QED) is 0.0184. The lowest BCUT2D eigenvalue weighted by molar-refractivity contribution is -0.172. The number of aliphatic hydroxyl groups excluding tert-OH is 1. The van der Waals surface area contributed by atoms with Crippen molar-refractivity contribution >= 4 is 83.0 Å². The minimum absolute atomic E-state index is 0.0401. The molecule has 33 nitrogen and oxygen atoms in total. The molecule has 0 bridgehead atoms. The molecule has 0 radical (unpaired) electrons. The van der Waals surface area contributed by atoms with Crippen LogP contribution in [-0.4, -0.2) is 209 Å². The molecule has 136 heavy (non-hydrogen) atoms. The molecule has 0 heterocycles. The van der Waals surface area contributed by atoms with E-state index in [-0.39, 0.29) is 42.7 Å². The molecule has 1 unspecified atom stereocenters. The Bertz CT molecular complexity index is 4230. The second-order valence-electron chi connectivity index (χ2n) is 35.4. The first-order chi connectivity index (χ1) is 64.5. The van der Waals surface area contributed by atoms with Crippen LogP contribution in [-0.2, 0) is 86.4 Å². The number of carboxylic acids is 9. The lowest BCUT2D eigenvalue weighted by Gasteiger charge is -2.29. The first kappa shape index (κ1) is 123. The number of hydrogen-bond acceptors (Lipinski definition) is 21. The summed E-state index contributed by atoms with van der Waals surface area (Å²) in [5.74, 6) is -21.8. The van der Waals surface area contributed by atoms with E-state index in [1.807, 2.05) is 26.0 Å². The topological polar surface area (TPSA) is 577 Å². The fourth-order valence-electron chi connectivity index (χ4n) is 14.6. The monoisotopic (exact) mass is 1910 g/mol. The van der Waals surface area contributed by atoms with E-state index in [4.69, 9.17) is 9.47 Å². The molecule has 0 saturated carbocycles. The number of ether oxygens (including phenoxy) is 2. The Morgan fingerprint density at radius 1 is 0.382 bits per heavy atom. The molecule has 0 aliphatic heterocycles. The van der Waals surface area contributed by atoms with E-state index in [2.05, 4.69) is 50.2 Å². The van der Waals surface area contributed by atoms with Gasteiger partial charge >= 0.3 is 53.7 Å². The zero-order valence-corrected chi connectivity index (χ0v) is 80.3. The van der Waals surface area contributed by atoms with Gasteiger partial charge in [0, 0.05) is 44.9 Å². The van der Waals surface area contributed by atoms with Crippen LogP contribution >= 0.6 is 0 Å². The van der Waals surface area contributed by atoms with Crippen LogP contribution in [0.3, 0.4) is 0 Å². The maximum absolute atomic E-state index is 13.3. The van der Waals surface area contributed by atoms with Crippen LogP contribution in [0, 0.1) is 23.7 Å². The number of rotatable bonds is 76. The number of amides is 3. The molecule has 0 aliphatic rings. The van der Waals surface area contributed by atoms with Crippen molar-refractivity contribution in [1.29, 1.82) is 0 Å². The Labute approximate surface area is 799 Å². The Morgan fingerprint density at radius 2 is 0.669 bits per heavy atom. The van der Waals surface area contributed by atoms with Gasteiger partial charge in [0.1, 0.15) is 53.5 Å². The Kier molecular flexibility index (Phi) is 63.3. The van der Waals surface area contributed by atoms with Crippen molar-refractivity contribution < 1.29 is 148 Å². The van der Waals surface area contributed by atoms with Crippen LogP contribution in [0.1, 0.15) is 309 Å². The SMILES string of the molecule is C=CCCCCCC(=O)CCCCCC/C=C/[C@H](C(=O)N[C@@H](Cc1ccc(OCCC(C)C)cc1)C(=O)O)[C@@](O)(CC(=O)O)C(=O)O.CCCCCCCC(=O)CCCCCC/C=C/[C@H](C(=O)N[C@@H](Cc1ccc(O)cc1)C(=O)O)[C@@](O)(CC(=O)O)C(=O)O.CCCCCCCC(O)CCCCCC/C=C/[C@H](C(=O)N[C@@H](Cc1ccc(OCC=C(C)C)cc1)C(=O)O)[C@@](O)(CC(=O)O)C(=O)O. The average Bonchev–Trinajstić information content (AvgIpc) is 0.809. The average molecular weight is 1910 g/mol. The van der Waals surface area contributed by atoms with E-state index < -0.39 is 143 Å². The van der Waals surface area contributed by atoms with E-state index in [9.17, 15) is 139 Å². The molecule has 3 aromatic carbocycles. The maximum atomic E-state index is 13.3. The van der Waals surface area contributed by atoms with Crippen molar-refractivity contribution in [3.63, 3.8) is 0 Å². The van der Waals surface area contributed by atoms with Crippen molar-refractivity contribution in [3.05, 3.63) is 150 Å². The zero-order chi connectivity index (χ0) is 102. The van der Waals surface area contributed by atoms with Crippen molar-refractivity contribution in [1.82, 2.24) is 16.0 Å². The summed E-state index contributed by atoms with van der Waals surface area (Å²) in [5, 5.41) is 145. The maximum Gasteiger partial charge on any atom is 0.337 e. The lowest BCUT2D eigenvalue weighted by Crippen LogP contribution is -2.55. The first-order valence-electron chi connectivity index (χ1n) is 47.8. The number of aromatic hydroxyl groups is 1. The molecule has 17 N–H and O–H groups in total. The summed E-state index contributed by atoms with van der Waals surface area (Å²) < 4.78 is 11.3. The number of phenolic OH excluding ortho intramolecular Hbond substituents is 1. The summed E-state index contributed by atoms with van der Waals surface area (Å²) in [6, 6.07) is 14.4. The van der Waals surface area contributed by atoms with Crippen molar-refractivity contribution in [2.75, 3.05) is 13.2 Å². The lowest BCUT2D eigenvalue weighted by atomic mass is 9.82. The van der Waals surface area contributed by atoms with E-state index in [1.165, 1.54) is 68.2 Å². The molecule has 0 fully saturated rings. The van der Waals surface area contributed by atoms with E-state index in [0.29, 0.717) is 112 Å². The number of carbonyl (C=O) groups excluding carboxylic acids is 5. The van der Waals surface area contributed by atoms with Crippen molar-refractivity contribution in [3.8, 4) is 17.2 Å². The highest BCUT2D eigenvalue weighted by atomic mass is 16.5. The first-order valence-corrected chi connectivity index (χ1v) is 47.8. The van der Waals surface area contributed by atoms with E-state index >= 15 is 0 Å². The predicted octanol–water partition coefficient (Wildman–Crippen LogP) is 15.6. The third-order valence-electron chi connectivity index (χ3n) is 22.8. The van der Waals surface area contributed by atoms with Gasteiger partial charge in [-0.25, -0.2) is 28.8 Å². The highest BCUT2D eigenvalue weighted by molar-refractivity contribution is 5.97. The number of benzene rings is 3. The number of allylic oxidation sites excluding steroid dienone is 5. The molecule has 0 spiro atoms. The molecule has 0 aliphatic carbocycles. The molecular formula is C103H153N3O30. The van der Waals surface area contributed by atoms with Gasteiger partial charge in [-0.1, -0.05) is 221 Å². The molecule has 3 amide bonds. The standard InChI is InChI=1S/C36H55NO10.C36H53NO10.C31H45NO10/c2*1-4-5-6-9-12-15-28(38)16-13-10-7-8-11-14-17-30(36(46,35(44)45)25-32(39)40)33(41)37-31(34(42)43)24-27-18-20-29(21-19-27)47-23-22-26(2)3;1-2-3-4-7-10-13-23(33)14-11-8-5-6-9-12-15-25(31(42,30(40)41)21-27(35)36)28(37)32-26(29(38)39)20-22-16-18-24(34)19-17-22/h14,17-22,28,30-31,38,46H,4-13,15-16,23-25H2,1-3H3,(H,37,41)(H,39,40)(H,42,43)(H,44,45);4,14,17-21,26,30-31,46H,1,5-13,15-16,22-25H2,2-3H3,(H,37,41)(H,39,40)(H,42,43)(H,44,45);12,15-19,25-26,34,42H,2-11,13-14,20-21H2,1H3,(H,32,37)(H,35,36)(H,38,39)(H,40,41)/b2*17-14+;15-12+/t28?,30-,31+,36+;30-,31+,36+;25-,26+,31+/m111/s1. The number of ketones is 2. The fraction of sp³-hybridized carbons (Fsp3) is 0.592. The van der Waals surface area contributed by atoms with Crippen LogP contribution in [0.4, 0.5) is 0 Å². The van der Waals surface area contributed by atoms with Crippen LogP contribution in [0.15, 0.2) is 134 Å². The van der Waals surface area contributed by atoms with Gasteiger partial charge in [-0.15, -0.1) is 6.58 Å². The summed E-state index contributed by atoms with van der Waals surface area (Å²) in [5.41, 5.74) is -6.38. The summed E-state index contributed by atoms with van der Waals surface area (Å²) >= 11 is 0. The minimum atomic E-state index is -3.02. The third-order valence-corrected chi connectivity index (χ3v) is 22.8. The highest BCUT2D eigenvalue weighted by Crippen LogP contribution is 2.31. The summed E-state index contributed by atoms with van der Waals surface area (Å²) in [6.07, 6.45) is 37.2.